The van der Waals surface area contributed by atoms with Crippen molar-refractivity contribution in [2.24, 2.45) is 0 Å². The molecule has 46 valence electrons. The van der Waals surface area contributed by atoms with Gasteiger partial charge in [0.25, 0.3) is 0 Å². The molecule has 0 saturated heterocycles. The number of ether oxygens (including phenoxy) is 1. The van der Waals surface area contributed by atoms with Crippen LogP contribution in [0.4, 0.5) is 0 Å². The molecule has 0 aliphatic rings. The smallest absolute Gasteiger partial charge is 0.316 e. The standard InChI is InChI=1S/C7H6O2/c1-3-4-5-6-9-7(2)8/h1-2H3. The number of hydrogen-bond donors (Lipinski definition) is 0. The van der Waals surface area contributed by atoms with Gasteiger partial charge < -0.3 is 4.74 Å². The summed E-state index contributed by atoms with van der Waals surface area (Å²) < 4.78 is 4.24. The lowest BCUT2D eigenvalue weighted by atomic mass is 10.6. The summed E-state index contributed by atoms with van der Waals surface area (Å²) in [7, 11) is 0. The van der Waals surface area contributed by atoms with Gasteiger partial charge in [0.15, 0.2) is 0 Å². The number of carbonyl (C=O) groups is 1. The lowest BCUT2D eigenvalue weighted by Gasteiger charge is -1.79. The Kier molecular flexibility index (Phi) is 4.00. The zero-order valence-corrected chi connectivity index (χ0v) is 5.32. The average molecular weight is 122 g/mol. The Bertz CT molecular complexity index is 207. The molecule has 0 aliphatic carbocycles. The largest absolute Gasteiger partial charge is 0.371 e. The van der Waals surface area contributed by atoms with Gasteiger partial charge in [-0.25, -0.2) is 0 Å². The molecule has 9 heavy (non-hydrogen) atoms. The van der Waals surface area contributed by atoms with Gasteiger partial charge in [0, 0.05) is 12.8 Å². The molecule has 0 atom stereocenters. The highest BCUT2D eigenvalue weighted by Gasteiger charge is 1.81. The molecule has 0 aromatic carbocycles. The first-order chi connectivity index (χ1) is 4.27. The van der Waals surface area contributed by atoms with Crippen LogP contribution in [-0.2, 0) is 9.53 Å². The number of rotatable bonds is 0. The second-order valence-corrected chi connectivity index (χ2v) is 1.20. The van der Waals surface area contributed by atoms with Crippen LogP contribution in [0.15, 0.2) is 0 Å². The molecular weight excluding hydrogens is 116 g/mol. The van der Waals surface area contributed by atoms with Gasteiger partial charge in [-0.15, -0.1) is 0 Å². The molecule has 0 spiro atoms. The molecular formula is C7H6O2. The first-order valence-electron chi connectivity index (χ1n) is 2.36. The summed E-state index contributed by atoms with van der Waals surface area (Å²) in [5.41, 5.74) is 0. The summed E-state index contributed by atoms with van der Waals surface area (Å²) in [6, 6.07) is 0. The van der Waals surface area contributed by atoms with Crippen molar-refractivity contribution in [2.75, 3.05) is 0 Å². The normalized spacial score (nSPS) is 5.56. The topological polar surface area (TPSA) is 26.3 Å². The van der Waals surface area contributed by atoms with E-state index < -0.39 is 5.97 Å². The minimum atomic E-state index is -0.416. The second kappa shape index (κ2) is 4.74. The van der Waals surface area contributed by atoms with Gasteiger partial charge in [0.05, 0.1) is 0 Å². The number of hydrogen-bond acceptors (Lipinski definition) is 2. The van der Waals surface area contributed by atoms with Gasteiger partial charge in [-0.2, -0.15) is 0 Å². The molecule has 2 nitrogen and oxygen atoms in total. The summed E-state index contributed by atoms with van der Waals surface area (Å²) in [5, 5.41) is 0. The van der Waals surface area contributed by atoms with Gasteiger partial charge in [-0.3, -0.25) is 4.79 Å². The Labute approximate surface area is 54.2 Å². The Morgan fingerprint density at radius 2 is 2.11 bits per heavy atom. The van der Waals surface area contributed by atoms with E-state index in [1.807, 2.05) is 0 Å². The summed E-state index contributed by atoms with van der Waals surface area (Å²) >= 11 is 0. The van der Waals surface area contributed by atoms with Gasteiger partial charge in [0.2, 0.25) is 0 Å². The molecule has 0 rings (SSSR count). The minimum Gasteiger partial charge on any atom is -0.371 e. The molecule has 0 amide bonds. The zero-order chi connectivity index (χ0) is 7.11. The van der Waals surface area contributed by atoms with E-state index in [2.05, 4.69) is 28.6 Å². The fourth-order valence-electron chi connectivity index (χ4n) is 0.185. The van der Waals surface area contributed by atoms with Crippen LogP contribution in [0.3, 0.4) is 0 Å². The van der Waals surface area contributed by atoms with Crippen LogP contribution >= 0.6 is 0 Å². The molecule has 0 aliphatic heterocycles. The number of esters is 1. The van der Waals surface area contributed by atoms with Crippen molar-refractivity contribution in [2.45, 2.75) is 13.8 Å². The van der Waals surface area contributed by atoms with E-state index in [1.54, 1.807) is 6.92 Å². The SMILES string of the molecule is CC#CC#COC(C)=O. The first-order valence-corrected chi connectivity index (χ1v) is 2.36. The van der Waals surface area contributed by atoms with E-state index in [1.165, 1.54) is 6.92 Å². The summed E-state index contributed by atoms with van der Waals surface area (Å²) in [5.74, 6) is 6.84. The molecule has 0 bridgehead atoms. The summed E-state index contributed by atoms with van der Waals surface area (Å²) in [6.45, 7) is 2.94. The third kappa shape index (κ3) is 6.59. The Hall–Kier alpha value is -1.41. The summed E-state index contributed by atoms with van der Waals surface area (Å²) in [6.07, 6.45) is 2.11. The van der Waals surface area contributed by atoms with Crippen molar-refractivity contribution in [1.82, 2.24) is 0 Å². The van der Waals surface area contributed by atoms with Crippen LogP contribution in [0.1, 0.15) is 13.8 Å². The lowest BCUT2D eigenvalue weighted by Crippen LogP contribution is -1.89. The van der Waals surface area contributed by atoms with E-state index >= 15 is 0 Å². The van der Waals surface area contributed by atoms with E-state index in [-0.39, 0.29) is 0 Å². The molecule has 0 aromatic heterocycles. The number of carbonyl (C=O) groups excluding carboxylic acids is 1. The second-order valence-electron chi connectivity index (χ2n) is 1.20. The fourth-order valence-corrected chi connectivity index (χ4v) is 0.185. The van der Waals surface area contributed by atoms with Gasteiger partial charge in [0.1, 0.15) is 6.11 Å². The van der Waals surface area contributed by atoms with Crippen molar-refractivity contribution in [3.05, 3.63) is 0 Å². The van der Waals surface area contributed by atoms with Gasteiger partial charge in [-0.05, 0) is 12.8 Å². The molecule has 0 aromatic rings. The maximum atomic E-state index is 10.0. The van der Waals surface area contributed by atoms with Crippen molar-refractivity contribution >= 4 is 5.97 Å². The first kappa shape index (κ1) is 7.59. The molecule has 0 N–H and O–H groups in total. The summed E-state index contributed by atoms with van der Waals surface area (Å²) in [4.78, 5) is 10.0. The van der Waals surface area contributed by atoms with Crippen LogP contribution in [0.5, 0.6) is 0 Å². The quantitative estimate of drug-likeness (QED) is 0.346. The molecule has 2 heteroatoms. The molecule has 0 heterocycles. The van der Waals surface area contributed by atoms with Crippen molar-refractivity contribution in [3.63, 3.8) is 0 Å². The van der Waals surface area contributed by atoms with E-state index in [0.717, 1.165) is 0 Å². The van der Waals surface area contributed by atoms with Crippen molar-refractivity contribution in [1.29, 1.82) is 0 Å². The molecule has 0 radical (unpaired) electrons. The van der Waals surface area contributed by atoms with Crippen molar-refractivity contribution < 1.29 is 9.53 Å². The van der Waals surface area contributed by atoms with E-state index in [9.17, 15) is 4.79 Å². The highest BCUT2D eigenvalue weighted by Crippen LogP contribution is 1.68. The predicted molar refractivity (Wildman–Crippen MR) is 33.0 cm³/mol. The fraction of sp³-hybridized carbons (Fsp3) is 0.286. The molecule has 0 unspecified atom stereocenters. The lowest BCUT2D eigenvalue weighted by molar-refractivity contribution is -0.134. The zero-order valence-electron chi connectivity index (χ0n) is 5.32. The maximum absolute atomic E-state index is 10.0. The third-order valence-corrected chi connectivity index (χ3v) is 0.433. The Morgan fingerprint density at radius 1 is 1.44 bits per heavy atom. The van der Waals surface area contributed by atoms with Gasteiger partial charge in [-0.1, -0.05) is 5.92 Å². The monoisotopic (exact) mass is 122 g/mol. The average Bonchev–Trinajstić information content (AvgIpc) is 1.80. The van der Waals surface area contributed by atoms with Crippen molar-refractivity contribution in [3.8, 4) is 23.9 Å². The predicted octanol–water partition coefficient (Wildman–Crippen LogP) is 0.534. The van der Waals surface area contributed by atoms with Crippen LogP contribution in [-0.4, -0.2) is 5.97 Å². The van der Waals surface area contributed by atoms with Crippen LogP contribution < -0.4 is 0 Å². The highest BCUT2D eigenvalue weighted by atomic mass is 16.5. The van der Waals surface area contributed by atoms with E-state index in [0.29, 0.717) is 0 Å². The highest BCUT2D eigenvalue weighted by molar-refractivity contribution is 5.67. The Morgan fingerprint density at radius 3 is 2.56 bits per heavy atom. The Balaban J connectivity index is 3.59. The van der Waals surface area contributed by atoms with Crippen LogP contribution in [0, 0.1) is 23.9 Å². The maximum Gasteiger partial charge on any atom is 0.316 e. The molecule has 0 saturated carbocycles. The van der Waals surface area contributed by atoms with Crippen LogP contribution in [0.2, 0.25) is 0 Å². The molecule has 0 fully saturated rings. The van der Waals surface area contributed by atoms with Gasteiger partial charge >= 0.3 is 5.97 Å². The van der Waals surface area contributed by atoms with Crippen LogP contribution in [0.25, 0.3) is 0 Å². The van der Waals surface area contributed by atoms with E-state index in [4.69, 9.17) is 0 Å². The third-order valence-electron chi connectivity index (χ3n) is 0.433. The minimum absolute atomic E-state index is 0.416.